The molecule has 3 rings (SSSR count). The summed E-state index contributed by atoms with van der Waals surface area (Å²) < 4.78 is 39.0. The summed E-state index contributed by atoms with van der Waals surface area (Å²) >= 11 is 0. The van der Waals surface area contributed by atoms with Crippen molar-refractivity contribution < 1.29 is 18.0 Å². The monoisotopic (exact) mass is 324 g/mol. The molecule has 5 nitrogen and oxygen atoms in total. The van der Waals surface area contributed by atoms with Gasteiger partial charge in [-0.15, -0.1) is 0 Å². The summed E-state index contributed by atoms with van der Waals surface area (Å²) in [5, 5.41) is 3.51. The van der Waals surface area contributed by atoms with Crippen LogP contribution in [0.2, 0.25) is 0 Å². The zero-order valence-electron chi connectivity index (χ0n) is 12.1. The summed E-state index contributed by atoms with van der Waals surface area (Å²) in [5.41, 5.74) is 5.62. The van der Waals surface area contributed by atoms with Crippen molar-refractivity contribution in [3.63, 3.8) is 0 Å². The molecule has 1 fully saturated rings. The number of likely N-dealkylation sites (tertiary alicyclic amines) is 1. The average molecular weight is 324 g/mol. The van der Waals surface area contributed by atoms with E-state index in [4.69, 9.17) is 5.73 Å². The first-order valence-corrected chi connectivity index (χ1v) is 7.13. The molecule has 2 heterocycles. The molecular formula is C15H15F3N4O. The van der Waals surface area contributed by atoms with Crippen LogP contribution in [0, 0.1) is 0 Å². The standard InChI is InChI=1S/C15H15F3N4O/c16-15(17,18)13-5-7-22(20-13)12-3-1-2-10(8-12)14(23)21-6-4-11(19)9-21/h1-3,5,7-8,11H,4,6,9,19H2/t11-/m1/s1. The first-order chi connectivity index (χ1) is 10.8. The maximum absolute atomic E-state index is 12.6. The molecule has 0 aliphatic carbocycles. The molecule has 0 unspecified atom stereocenters. The number of aromatic nitrogens is 2. The van der Waals surface area contributed by atoms with Gasteiger partial charge in [-0.25, -0.2) is 4.68 Å². The number of rotatable bonds is 2. The van der Waals surface area contributed by atoms with Crippen molar-refractivity contribution in [2.24, 2.45) is 5.73 Å². The Bertz CT molecular complexity index is 726. The van der Waals surface area contributed by atoms with Crippen LogP contribution in [0.5, 0.6) is 0 Å². The fourth-order valence-electron chi connectivity index (χ4n) is 2.55. The molecule has 2 N–H and O–H groups in total. The Morgan fingerprint density at radius 1 is 1.30 bits per heavy atom. The predicted molar refractivity (Wildman–Crippen MR) is 77.1 cm³/mol. The lowest BCUT2D eigenvalue weighted by molar-refractivity contribution is -0.141. The number of halogens is 3. The van der Waals surface area contributed by atoms with E-state index in [9.17, 15) is 18.0 Å². The maximum Gasteiger partial charge on any atom is 0.435 e. The lowest BCUT2D eigenvalue weighted by Gasteiger charge is -2.16. The molecule has 1 aliphatic heterocycles. The molecule has 0 saturated carbocycles. The Kier molecular flexibility index (Phi) is 3.85. The van der Waals surface area contributed by atoms with E-state index in [1.54, 1.807) is 23.1 Å². The molecule has 1 amide bonds. The second-order valence-electron chi connectivity index (χ2n) is 5.49. The van der Waals surface area contributed by atoms with E-state index in [-0.39, 0.29) is 11.9 Å². The first-order valence-electron chi connectivity index (χ1n) is 7.13. The number of benzene rings is 1. The van der Waals surface area contributed by atoms with Crippen LogP contribution in [0.1, 0.15) is 22.5 Å². The number of amides is 1. The minimum Gasteiger partial charge on any atom is -0.337 e. The number of hydrogen-bond donors (Lipinski definition) is 1. The Labute approximate surface area is 130 Å². The van der Waals surface area contributed by atoms with Gasteiger partial charge in [-0.2, -0.15) is 18.3 Å². The van der Waals surface area contributed by atoms with E-state index in [0.29, 0.717) is 24.3 Å². The second kappa shape index (κ2) is 5.69. The third-order valence-electron chi connectivity index (χ3n) is 3.75. The Morgan fingerprint density at radius 2 is 2.09 bits per heavy atom. The normalized spacial score (nSPS) is 18.4. The van der Waals surface area contributed by atoms with E-state index in [1.807, 2.05) is 0 Å². The van der Waals surface area contributed by atoms with Crippen molar-refractivity contribution in [1.82, 2.24) is 14.7 Å². The van der Waals surface area contributed by atoms with E-state index in [0.717, 1.165) is 17.2 Å². The number of nitrogens with two attached hydrogens (primary N) is 1. The summed E-state index contributed by atoms with van der Waals surface area (Å²) in [6.07, 6.45) is -2.53. The van der Waals surface area contributed by atoms with Gasteiger partial charge < -0.3 is 10.6 Å². The van der Waals surface area contributed by atoms with Crippen LogP contribution >= 0.6 is 0 Å². The second-order valence-corrected chi connectivity index (χ2v) is 5.49. The molecule has 0 spiro atoms. The fraction of sp³-hybridized carbons (Fsp3) is 0.333. The summed E-state index contributed by atoms with van der Waals surface area (Å²) in [7, 11) is 0. The minimum atomic E-state index is -4.50. The summed E-state index contributed by atoms with van der Waals surface area (Å²) in [4.78, 5) is 14.0. The third kappa shape index (κ3) is 3.21. The molecule has 8 heteroatoms. The number of carbonyl (C=O) groups is 1. The van der Waals surface area contributed by atoms with Gasteiger partial charge in [0.15, 0.2) is 5.69 Å². The largest absolute Gasteiger partial charge is 0.435 e. The molecule has 1 saturated heterocycles. The molecule has 0 bridgehead atoms. The van der Waals surface area contributed by atoms with Gasteiger partial charge in [-0.3, -0.25) is 4.79 Å². The summed E-state index contributed by atoms with van der Waals surface area (Å²) in [5.74, 6) is -0.178. The highest BCUT2D eigenvalue weighted by Gasteiger charge is 2.33. The lowest BCUT2D eigenvalue weighted by atomic mass is 10.2. The molecule has 23 heavy (non-hydrogen) atoms. The van der Waals surface area contributed by atoms with Gasteiger partial charge in [0, 0.05) is 30.9 Å². The van der Waals surface area contributed by atoms with Crippen molar-refractivity contribution in [3.8, 4) is 5.69 Å². The highest BCUT2D eigenvalue weighted by Crippen LogP contribution is 2.28. The van der Waals surface area contributed by atoms with Crippen LogP contribution < -0.4 is 5.73 Å². The van der Waals surface area contributed by atoms with Gasteiger partial charge in [0.05, 0.1) is 5.69 Å². The van der Waals surface area contributed by atoms with Crippen molar-refractivity contribution in [1.29, 1.82) is 0 Å². The van der Waals surface area contributed by atoms with Gasteiger partial charge in [-0.05, 0) is 30.7 Å². The van der Waals surface area contributed by atoms with E-state index >= 15 is 0 Å². The van der Waals surface area contributed by atoms with Crippen LogP contribution in [0.4, 0.5) is 13.2 Å². The molecule has 1 aromatic heterocycles. The van der Waals surface area contributed by atoms with Gasteiger partial charge in [0.25, 0.3) is 5.91 Å². The van der Waals surface area contributed by atoms with E-state index in [1.165, 1.54) is 12.3 Å². The number of nitrogens with zero attached hydrogens (tertiary/aromatic N) is 3. The number of hydrogen-bond acceptors (Lipinski definition) is 3. The summed E-state index contributed by atoms with van der Waals surface area (Å²) in [6, 6.07) is 7.24. The van der Waals surface area contributed by atoms with Crippen molar-refractivity contribution >= 4 is 5.91 Å². The van der Waals surface area contributed by atoms with Crippen molar-refractivity contribution in [2.75, 3.05) is 13.1 Å². The lowest BCUT2D eigenvalue weighted by Crippen LogP contribution is -2.31. The molecule has 2 aromatic rings. The van der Waals surface area contributed by atoms with Crippen LogP contribution in [-0.2, 0) is 6.18 Å². The van der Waals surface area contributed by atoms with Crippen LogP contribution in [0.25, 0.3) is 5.69 Å². The smallest absolute Gasteiger partial charge is 0.337 e. The topological polar surface area (TPSA) is 64.2 Å². The van der Waals surface area contributed by atoms with Gasteiger partial charge in [0.2, 0.25) is 0 Å². The van der Waals surface area contributed by atoms with Crippen molar-refractivity contribution in [3.05, 3.63) is 47.8 Å². The zero-order chi connectivity index (χ0) is 16.6. The SMILES string of the molecule is N[C@@H]1CCN(C(=O)c2cccc(-n3ccc(C(F)(F)F)n3)c2)C1. The van der Waals surface area contributed by atoms with Gasteiger partial charge in [0.1, 0.15) is 0 Å². The van der Waals surface area contributed by atoms with Crippen LogP contribution in [0.15, 0.2) is 36.5 Å². The quantitative estimate of drug-likeness (QED) is 0.920. The minimum absolute atomic E-state index is 0.0254. The molecule has 1 aliphatic rings. The zero-order valence-corrected chi connectivity index (χ0v) is 12.1. The number of carbonyl (C=O) groups excluding carboxylic acids is 1. The van der Waals surface area contributed by atoms with Crippen LogP contribution in [-0.4, -0.2) is 39.7 Å². The first kappa shape index (κ1) is 15.5. The molecule has 0 radical (unpaired) electrons. The summed E-state index contributed by atoms with van der Waals surface area (Å²) in [6.45, 7) is 1.08. The van der Waals surface area contributed by atoms with E-state index < -0.39 is 11.9 Å². The highest BCUT2D eigenvalue weighted by atomic mass is 19.4. The van der Waals surface area contributed by atoms with E-state index in [2.05, 4.69) is 5.10 Å². The number of alkyl halides is 3. The maximum atomic E-state index is 12.6. The Morgan fingerprint density at radius 3 is 2.70 bits per heavy atom. The molecular weight excluding hydrogens is 309 g/mol. The highest BCUT2D eigenvalue weighted by molar-refractivity contribution is 5.95. The average Bonchev–Trinajstić information content (AvgIpc) is 3.15. The molecule has 1 aromatic carbocycles. The predicted octanol–water partition coefficient (Wildman–Crippen LogP) is 2.06. The van der Waals surface area contributed by atoms with Crippen molar-refractivity contribution in [2.45, 2.75) is 18.6 Å². The van der Waals surface area contributed by atoms with Gasteiger partial charge >= 0.3 is 6.18 Å². The molecule has 1 atom stereocenters. The van der Waals surface area contributed by atoms with Crippen LogP contribution in [0.3, 0.4) is 0 Å². The third-order valence-corrected chi connectivity index (χ3v) is 3.75. The molecule has 122 valence electrons. The Balaban J connectivity index is 1.85. The van der Waals surface area contributed by atoms with Gasteiger partial charge in [-0.1, -0.05) is 6.07 Å². The Hall–Kier alpha value is -2.35. The fourth-order valence-corrected chi connectivity index (χ4v) is 2.55.